The van der Waals surface area contributed by atoms with E-state index in [1.165, 1.54) is 0 Å². The van der Waals surface area contributed by atoms with Gasteiger partial charge in [-0.05, 0) is 57.2 Å². The summed E-state index contributed by atoms with van der Waals surface area (Å²) in [7, 11) is 0. The number of carbonyl (C=O) groups is 4. The number of urea groups is 1. The fourth-order valence-corrected chi connectivity index (χ4v) is 3.26. The molecule has 0 fully saturated rings. The zero-order valence-corrected chi connectivity index (χ0v) is 22.6. The molecule has 0 bridgehead atoms. The monoisotopic (exact) mass is 505 g/mol. The average molecular weight is 506 g/mol. The van der Waals surface area contributed by atoms with Crippen LogP contribution in [0, 0.1) is 11.3 Å². The van der Waals surface area contributed by atoms with E-state index in [-0.39, 0.29) is 42.9 Å². The van der Waals surface area contributed by atoms with Gasteiger partial charge in [0.25, 0.3) is 0 Å². The molecule has 4 amide bonds. The highest BCUT2D eigenvalue weighted by atomic mass is 16.5. The quantitative estimate of drug-likeness (QED) is 0.205. The summed E-state index contributed by atoms with van der Waals surface area (Å²) in [4.78, 5) is 49.0. The number of ether oxygens (including phenoxy) is 1. The van der Waals surface area contributed by atoms with E-state index in [0.717, 1.165) is 5.56 Å². The summed E-state index contributed by atoms with van der Waals surface area (Å²) >= 11 is 0. The van der Waals surface area contributed by atoms with Gasteiger partial charge in [0.1, 0.15) is 12.6 Å². The molecule has 1 aromatic carbocycles. The number of rotatable bonds is 13. The Bertz CT molecular complexity index is 878. The summed E-state index contributed by atoms with van der Waals surface area (Å²) in [5.41, 5.74) is 5.85. The molecule has 1 rings (SSSR count). The van der Waals surface area contributed by atoms with E-state index in [2.05, 4.69) is 21.3 Å². The van der Waals surface area contributed by atoms with E-state index in [0.29, 0.717) is 18.5 Å². The van der Waals surface area contributed by atoms with E-state index in [4.69, 9.17) is 10.5 Å². The first-order chi connectivity index (χ1) is 16.7. The van der Waals surface area contributed by atoms with Crippen LogP contribution in [-0.2, 0) is 25.7 Å². The third-order valence-electron chi connectivity index (χ3n) is 5.27. The second kappa shape index (κ2) is 14.4. The van der Waals surface area contributed by atoms with Crippen molar-refractivity contribution in [2.45, 2.75) is 86.0 Å². The minimum Gasteiger partial charge on any atom is -0.460 e. The molecule has 0 aromatic heterocycles. The Labute approximate surface area is 214 Å². The van der Waals surface area contributed by atoms with Crippen LogP contribution >= 0.6 is 0 Å². The Balaban J connectivity index is 2.86. The molecular weight excluding hydrogens is 462 g/mol. The molecule has 0 heterocycles. The summed E-state index contributed by atoms with van der Waals surface area (Å²) in [5, 5.41) is 11.4. The maximum atomic E-state index is 13.1. The number of anilines is 1. The Morgan fingerprint density at radius 1 is 0.972 bits per heavy atom. The third-order valence-corrected chi connectivity index (χ3v) is 5.27. The SMILES string of the molecule is CC(C)N[C@@H](C(=O)N[C@H](CCCNC(N)=O)C(=O)Nc1ccc(COC(=O)C(C)(C)C)cc1)C(C)C. The standard InChI is InChI=1S/C26H43N5O5/c1-16(2)21(29-17(3)4)23(33)31-20(9-8-14-28-25(27)35)22(32)30-19-12-10-18(11-13-19)15-36-24(34)26(5,6)7/h10-13,16-17,20-21,29H,8-9,14-15H2,1-7H3,(H,30,32)(H,31,33)(H3,27,28,35)/t20-,21-/m1/s1. The molecule has 0 aliphatic carbocycles. The molecule has 1 aromatic rings. The topological polar surface area (TPSA) is 152 Å². The molecule has 0 aliphatic heterocycles. The second-order valence-electron chi connectivity index (χ2n) is 10.5. The maximum Gasteiger partial charge on any atom is 0.312 e. The predicted molar refractivity (Wildman–Crippen MR) is 140 cm³/mol. The lowest BCUT2D eigenvalue weighted by molar-refractivity contribution is -0.154. The van der Waals surface area contributed by atoms with E-state index in [9.17, 15) is 19.2 Å². The Kier molecular flexibility index (Phi) is 12.4. The number of primary amides is 1. The van der Waals surface area contributed by atoms with E-state index in [1.807, 2.05) is 27.7 Å². The van der Waals surface area contributed by atoms with Crippen LogP contribution in [0.15, 0.2) is 24.3 Å². The van der Waals surface area contributed by atoms with Gasteiger partial charge in [-0.1, -0.05) is 39.8 Å². The molecule has 0 unspecified atom stereocenters. The molecule has 2 atom stereocenters. The van der Waals surface area contributed by atoms with Crippen molar-refractivity contribution in [2.75, 3.05) is 11.9 Å². The number of carbonyl (C=O) groups excluding carboxylic acids is 4. The van der Waals surface area contributed by atoms with Gasteiger partial charge >= 0.3 is 12.0 Å². The van der Waals surface area contributed by atoms with Crippen molar-refractivity contribution in [3.05, 3.63) is 29.8 Å². The number of nitrogens with one attached hydrogen (secondary N) is 4. The van der Waals surface area contributed by atoms with Gasteiger partial charge in [-0.3, -0.25) is 14.4 Å². The summed E-state index contributed by atoms with van der Waals surface area (Å²) < 4.78 is 5.32. The first-order valence-electron chi connectivity index (χ1n) is 12.4. The lowest BCUT2D eigenvalue weighted by Crippen LogP contribution is -2.54. The fraction of sp³-hybridized carbons (Fsp3) is 0.615. The Hall–Kier alpha value is -3.14. The van der Waals surface area contributed by atoms with Crippen LogP contribution in [-0.4, -0.2) is 48.5 Å². The average Bonchev–Trinajstić information content (AvgIpc) is 2.77. The number of nitrogens with two attached hydrogens (primary N) is 1. The molecule has 36 heavy (non-hydrogen) atoms. The molecule has 0 spiro atoms. The van der Waals surface area contributed by atoms with Crippen LogP contribution in [0.4, 0.5) is 10.5 Å². The van der Waals surface area contributed by atoms with Crippen LogP contribution in [0.1, 0.15) is 66.9 Å². The maximum absolute atomic E-state index is 13.1. The van der Waals surface area contributed by atoms with E-state index >= 15 is 0 Å². The van der Waals surface area contributed by atoms with Gasteiger partial charge in [0.05, 0.1) is 11.5 Å². The van der Waals surface area contributed by atoms with Crippen molar-refractivity contribution in [2.24, 2.45) is 17.1 Å². The van der Waals surface area contributed by atoms with Crippen molar-refractivity contribution < 1.29 is 23.9 Å². The van der Waals surface area contributed by atoms with Crippen molar-refractivity contribution in [1.29, 1.82) is 0 Å². The fourth-order valence-electron chi connectivity index (χ4n) is 3.26. The van der Waals surface area contributed by atoms with Crippen LogP contribution in [0.25, 0.3) is 0 Å². The molecule has 10 heteroatoms. The molecule has 0 aliphatic rings. The first kappa shape index (κ1) is 30.9. The molecule has 0 radical (unpaired) electrons. The van der Waals surface area contributed by atoms with E-state index in [1.54, 1.807) is 45.0 Å². The van der Waals surface area contributed by atoms with Crippen LogP contribution in [0.2, 0.25) is 0 Å². The molecule has 6 N–H and O–H groups in total. The Morgan fingerprint density at radius 3 is 2.08 bits per heavy atom. The zero-order valence-electron chi connectivity index (χ0n) is 22.6. The van der Waals surface area contributed by atoms with Crippen LogP contribution in [0.5, 0.6) is 0 Å². The van der Waals surface area contributed by atoms with E-state index < -0.39 is 23.5 Å². The van der Waals surface area contributed by atoms with Gasteiger partial charge < -0.3 is 31.7 Å². The zero-order chi connectivity index (χ0) is 27.5. The Morgan fingerprint density at radius 2 is 1.58 bits per heavy atom. The number of benzene rings is 1. The molecule has 0 saturated carbocycles. The van der Waals surface area contributed by atoms with Gasteiger partial charge in [-0.15, -0.1) is 0 Å². The highest BCUT2D eigenvalue weighted by Gasteiger charge is 2.28. The number of hydrogen-bond donors (Lipinski definition) is 5. The van der Waals surface area contributed by atoms with Crippen LogP contribution in [0.3, 0.4) is 0 Å². The van der Waals surface area contributed by atoms with Crippen molar-refractivity contribution in [3.8, 4) is 0 Å². The molecular formula is C26H43N5O5. The molecule has 10 nitrogen and oxygen atoms in total. The van der Waals surface area contributed by atoms with Gasteiger partial charge in [-0.2, -0.15) is 0 Å². The summed E-state index contributed by atoms with van der Waals surface area (Å²) in [6.45, 7) is 13.6. The van der Waals surface area contributed by atoms with Gasteiger partial charge in [0.2, 0.25) is 11.8 Å². The predicted octanol–water partition coefficient (Wildman–Crippen LogP) is 2.67. The van der Waals surface area contributed by atoms with Gasteiger partial charge in [0, 0.05) is 18.3 Å². The minimum atomic E-state index is -0.810. The third kappa shape index (κ3) is 11.5. The number of esters is 1. The van der Waals surface area contributed by atoms with Crippen molar-refractivity contribution in [3.63, 3.8) is 0 Å². The minimum absolute atomic E-state index is 0.0209. The summed E-state index contributed by atoms with van der Waals surface area (Å²) in [6.07, 6.45) is 0.758. The normalized spacial score (nSPS) is 13.1. The van der Waals surface area contributed by atoms with Crippen molar-refractivity contribution >= 4 is 29.5 Å². The second-order valence-corrected chi connectivity index (χ2v) is 10.5. The lowest BCUT2D eigenvalue weighted by atomic mass is 9.97. The molecule has 0 saturated heterocycles. The summed E-state index contributed by atoms with van der Waals surface area (Å²) in [6, 6.07) is 5.13. The molecule has 202 valence electrons. The highest BCUT2D eigenvalue weighted by molar-refractivity contribution is 5.97. The summed E-state index contributed by atoms with van der Waals surface area (Å²) in [5.74, 6) is -0.914. The number of amides is 4. The van der Waals surface area contributed by atoms with Gasteiger partial charge in [-0.25, -0.2) is 4.79 Å². The smallest absolute Gasteiger partial charge is 0.312 e. The van der Waals surface area contributed by atoms with Crippen molar-refractivity contribution in [1.82, 2.24) is 16.0 Å². The largest absolute Gasteiger partial charge is 0.460 e. The lowest BCUT2D eigenvalue weighted by Gasteiger charge is -2.27. The highest BCUT2D eigenvalue weighted by Crippen LogP contribution is 2.17. The van der Waals surface area contributed by atoms with Crippen LogP contribution < -0.4 is 27.0 Å². The number of hydrogen-bond acceptors (Lipinski definition) is 6. The van der Waals surface area contributed by atoms with Gasteiger partial charge in [0.15, 0.2) is 0 Å². The first-order valence-corrected chi connectivity index (χ1v) is 12.4.